The number of benzene rings is 1. The third-order valence-electron chi connectivity index (χ3n) is 3.39. The average Bonchev–Trinajstić information content (AvgIpc) is 2.83. The van der Waals surface area contributed by atoms with E-state index in [1.54, 1.807) is 6.92 Å². The summed E-state index contributed by atoms with van der Waals surface area (Å²) in [6.45, 7) is 1.66. The molecule has 0 spiro atoms. The molecule has 0 amide bonds. The molecule has 1 N–H and O–H groups in total. The summed E-state index contributed by atoms with van der Waals surface area (Å²) in [5.74, 6) is 0.168. The van der Waals surface area contributed by atoms with Crippen LogP contribution in [0.1, 0.15) is 16.0 Å². The number of H-pyrrole nitrogens is 1. The smallest absolute Gasteiger partial charge is 0.306 e. The van der Waals surface area contributed by atoms with Gasteiger partial charge in [-0.05, 0) is 24.6 Å². The Balaban J connectivity index is 2.14. The molecule has 0 aliphatic carbocycles. The van der Waals surface area contributed by atoms with Crippen LogP contribution in [-0.2, 0) is 6.18 Å². The molecular weight excluding hydrogens is 327 g/mol. The zero-order valence-electron chi connectivity index (χ0n) is 11.7. The lowest BCUT2D eigenvalue weighted by Gasteiger charge is -2.07. The van der Waals surface area contributed by atoms with Crippen molar-refractivity contribution in [2.45, 2.75) is 13.1 Å². The number of aromatic nitrogens is 2. The minimum atomic E-state index is -4.42. The molecule has 0 radical (unpaired) electrons. The number of nitrogens with zero attached hydrogens (tertiary/aromatic N) is 2. The van der Waals surface area contributed by atoms with Gasteiger partial charge in [0, 0.05) is 5.56 Å². The number of halogens is 3. The van der Waals surface area contributed by atoms with E-state index in [2.05, 4.69) is 9.97 Å². The topological polar surface area (TPSA) is 69.5 Å². The summed E-state index contributed by atoms with van der Waals surface area (Å²) >= 11 is 1.08. The monoisotopic (exact) mass is 335 g/mol. The molecule has 8 heteroatoms. The van der Waals surface area contributed by atoms with Crippen LogP contribution in [0.2, 0.25) is 0 Å². The Morgan fingerprint density at radius 2 is 1.91 bits per heavy atom. The summed E-state index contributed by atoms with van der Waals surface area (Å²) in [6.07, 6.45) is -4.42. The van der Waals surface area contributed by atoms with Gasteiger partial charge >= 0.3 is 6.18 Å². The molecule has 0 saturated carbocycles. The zero-order valence-corrected chi connectivity index (χ0v) is 12.5. The van der Waals surface area contributed by atoms with Crippen LogP contribution in [0.15, 0.2) is 29.1 Å². The Morgan fingerprint density at radius 3 is 2.48 bits per heavy atom. The van der Waals surface area contributed by atoms with Crippen molar-refractivity contribution in [3.05, 3.63) is 50.6 Å². The Kier molecular flexibility index (Phi) is 3.45. The van der Waals surface area contributed by atoms with E-state index in [1.165, 1.54) is 12.1 Å². The van der Waals surface area contributed by atoms with E-state index in [1.807, 2.05) is 6.07 Å². The number of nitriles is 1. The maximum atomic E-state index is 12.6. The molecule has 116 valence electrons. The fraction of sp³-hybridized carbons (Fsp3) is 0.133. The van der Waals surface area contributed by atoms with E-state index >= 15 is 0 Å². The third-order valence-corrected chi connectivity index (χ3v) is 4.48. The first-order valence-electron chi connectivity index (χ1n) is 6.42. The van der Waals surface area contributed by atoms with Crippen molar-refractivity contribution in [3.8, 4) is 17.5 Å². The van der Waals surface area contributed by atoms with E-state index < -0.39 is 17.3 Å². The predicted octanol–water partition coefficient (Wildman–Crippen LogP) is 3.85. The minimum Gasteiger partial charge on any atom is -0.306 e. The Bertz CT molecular complexity index is 994. The van der Waals surface area contributed by atoms with Gasteiger partial charge < -0.3 is 4.98 Å². The molecule has 4 nitrogen and oxygen atoms in total. The quantitative estimate of drug-likeness (QED) is 0.734. The van der Waals surface area contributed by atoms with E-state index in [0.29, 0.717) is 26.2 Å². The predicted molar refractivity (Wildman–Crippen MR) is 80.1 cm³/mol. The number of rotatable bonds is 1. The summed E-state index contributed by atoms with van der Waals surface area (Å²) in [6, 6.07) is 6.35. The van der Waals surface area contributed by atoms with Crippen molar-refractivity contribution >= 4 is 21.6 Å². The summed E-state index contributed by atoms with van der Waals surface area (Å²) in [7, 11) is 0. The molecule has 3 aromatic rings. The maximum Gasteiger partial charge on any atom is 0.416 e. The van der Waals surface area contributed by atoms with E-state index in [0.717, 1.165) is 23.5 Å². The van der Waals surface area contributed by atoms with Crippen LogP contribution in [0.3, 0.4) is 0 Å². The van der Waals surface area contributed by atoms with Gasteiger partial charge in [-0.3, -0.25) is 4.79 Å². The minimum absolute atomic E-state index is 0.168. The van der Waals surface area contributed by atoms with Crippen molar-refractivity contribution in [3.63, 3.8) is 0 Å². The number of thiophene rings is 1. The van der Waals surface area contributed by atoms with Crippen LogP contribution < -0.4 is 5.56 Å². The summed E-state index contributed by atoms with van der Waals surface area (Å²) < 4.78 is 37.7. The van der Waals surface area contributed by atoms with Crippen molar-refractivity contribution in [1.29, 1.82) is 5.26 Å². The van der Waals surface area contributed by atoms with Gasteiger partial charge in [0.2, 0.25) is 0 Å². The standard InChI is InChI=1S/C15H8F3N3OS/c1-7-10(6-19)23-14-11(7)13(22)20-12(21-14)8-2-4-9(5-3-8)15(16,17)18/h2-5H,1H3,(H,20,21,22). The molecule has 2 aromatic heterocycles. The molecule has 0 aliphatic heterocycles. The first-order valence-corrected chi connectivity index (χ1v) is 7.24. The fourth-order valence-electron chi connectivity index (χ4n) is 2.20. The van der Waals surface area contributed by atoms with Crippen molar-refractivity contribution in [1.82, 2.24) is 9.97 Å². The van der Waals surface area contributed by atoms with Crippen LogP contribution in [-0.4, -0.2) is 9.97 Å². The summed E-state index contributed by atoms with van der Waals surface area (Å²) in [4.78, 5) is 19.8. The molecule has 0 bridgehead atoms. The van der Waals surface area contributed by atoms with Crippen molar-refractivity contribution < 1.29 is 13.2 Å². The first-order chi connectivity index (χ1) is 10.8. The summed E-state index contributed by atoms with van der Waals surface area (Å²) in [5, 5.41) is 9.35. The SMILES string of the molecule is Cc1c(C#N)sc2nc(-c3ccc(C(F)(F)F)cc3)[nH]c(=O)c12. The number of hydrogen-bond acceptors (Lipinski definition) is 4. The van der Waals surface area contributed by atoms with Crippen LogP contribution in [0, 0.1) is 18.3 Å². The number of alkyl halides is 3. The lowest BCUT2D eigenvalue weighted by Crippen LogP contribution is -2.09. The number of hydrogen-bond donors (Lipinski definition) is 1. The highest BCUT2D eigenvalue weighted by Gasteiger charge is 2.30. The molecule has 3 rings (SSSR count). The second kappa shape index (κ2) is 5.21. The average molecular weight is 335 g/mol. The molecule has 0 atom stereocenters. The van der Waals surface area contributed by atoms with Gasteiger partial charge in [0.15, 0.2) is 0 Å². The first kappa shape index (κ1) is 15.2. The molecule has 23 heavy (non-hydrogen) atoms. The molecular formula is C15H8F3N3OS. The second-order valence-corrected chi connectivity index (χ2v) is 5.84. The highest BCUT2D eigenvalue weighted by atomic mass is 32.1. The zero-order chi connectivity index (χ0) is 16.8. The van der Waals surface area contributed by atoms with Gasteiger partial charge in [-0.1, -0.05) is 12.1 Å². The molecule has 0 unspecified atom stereocenters. The second-order valence-electron chi connectivity index (χ2n) is 4.84. The lowest BCUT2D eigenvalue weighted by molar-refractivity contribution is -0.137. The van der Waals surface area contributed by atoms with Crippen LogP contribution in [0.4, 0.5) is 13.2 Å². The number of aryl methyl sites for hydroxylation is 1. The highest BCUT2D eigenvalue weighted by molar-refractivity contribution is 7.19. The summed E-state index contributed by atoms with van der Waals surface area (Å²) in [5.41, 5.74) is -0.273. The van der Waals surface area contributed by atoms with E-state index in [4.69, 9.17) is 5.26 Å². The molecule has 0 fully saturated rings. The fourth-order valence-corrected chi connectivity index (χ4v) is 3.18. The largest absolute Gasteiger partial charge is 0.416 e. The van der Waals surface area contributed by atoms with Gasteiger partial charge in [-0.15, -0.1) is 11.3 Å². The molecule has 0 saturated heterocycles. The van der Waals surface area contributed by atoms with Crippen LogP contribution >= 0.6 is 11.3 Å². The highest BCUT2D eigenvalue weighted by Crippen LogP contribution is 2.31. The Labute approximate surface area is 131 Å². The Morgan fingerprint density at radius 1 is 1.26 bits per heavy atom. The van der Waals surface area contributed by atoms with Crippen molar-refractivity contribution in [2.24, 2.45) is 0 Å². The Hall–Kier alpha value is -2.66. The number of fused-ring (bicyclic) bond motifs is 1. The lowest BCUT2D eigenvalue weighted by atomic mass is 10.1. The molecule has 0 aliphatic rings. The molecule has 2 heterocycles. The maximum absolute atomic E-state index is 12.6. The number of nitrogens with one attached hydrogen (secondary N) is 1. The van der Waals surface area contributed by atoms with Crippen LogP contribution in [0.25, 0.3) is 21.6 Å². The van der Waals surface area contributed by atoms with Crippen molar-refractivity contribution in [2.75, 3.05) is 0 Å². The van der Waals surface area contributed by atoms with Gasteiger partial charge in [-0.2, -0.15) is 18.4 Å². The van der Waals surface area contributed by atoms with Gasteiger partial charge in [-0.25, -0.2) is 4.98 Å². The van der Waals surface area contributed by atoms with Gasteiger partial charge in [0.25, 0.3) is 5.56 Å². The molecule has 1 aromatic carbocycles. The number of aromatic amines is 1. The van der Waals surface area contributed by atoms with E-state index in [9.17, 15) is 18.0 Å². The van der Waals surface area contributed by atoms with Gasteiger partial charge in [0.05, 0.1) is 10.9 Å². The third kappa shape index (κ3) is 2.59. The van der Waals surface area contributed by atoms with E-state index in [-0.39, 0.29) is 5.82 Å². The van der Waals surface area contributed by atoms with Crippen LogP contribution in [0.5, 0.6) is 0 Å². The normalized spacial score (nSPS) is 11.6. The van der Waals surface area contributed by atoms with Gasteiger partial charge in [0.1, 0.15) is 21.6 Å².